The van der Waals surface area contributed by atoms with Crippen LogP contribution in [0.2, 0.25) is 0 Å². The molecule has 0 fully saturated rings. The van der Waals surface area contributed by atoms with Crippen molar-refractivity contribution < 1.29 is 0 Å². The van der Waals surface area contributed by atoms with Gasteiger partial charge in [0.2, 0.25) is 0 Å². The van der Waals surface area contributed by atoms with Gasteiger partial charge in [-0.2, -0.15) is 0 Å². The predicted molar refractivity (Wildman–Crippen MR) is 73.5 cm³/mol. The van der Waals surface area contributed by atoms with E-state index in [-0.39, 0.29) is 0 Å². The van der Waals surface area contributed by atoms with E-state index in [1.165, 1.54) is 12.1 Å². The first kappa shape index (κ1) is 15.0. The summed E-state index contributed by atoms with van der Waals surface area (Å²) in [4.78, 5) is 4.50. The van der Waals surface area contributed by atoms with Crippen LogP contribution in [-0.4, -0.2) is 44.0 Å². The van der Waals surface area contributed by atoms with Gasteiger partial charge in [0, 0.05) is 19.3 Å². The Morgan fingerprint density at radius 1 is 1.12 bits per heavy atom. The molecule has 0 aliphatic rings. The first-order valence-electron chi connectivity index (χ1n) is 5.83. The van der Waals surface area contributed by atoms with Crippen LogP contribution in [0.4, 0.5) is 0 Å². The van der Waals surface area contributed by atoms with Gasteiger partial charge in [-0.05, 0) is 47.0 Å². The molecule has 0 amide bonds. The van der Waals surface area contributed by atoms with Gasteiger partial charge in [0.15, 0.2) is 0 Å². The molecule has 0 saturated carbocycles. The van der Waals surface area contributed by atoms with Crippen LogP contribution in [0.1, 0.15) is 20.3 Å². The van der Waals surface area contributed by atoms with E-state index in [4.69, 9.17) is 0 Å². The molecule has 0 unspecified atom stereocenters. The molecule has 0 aromatic carbocycles. The molecule has 0 atom stereocenters. The second kappa shape index (κ2) is 8.17. The summed E-state index contributed by atoms with van der Waals surface area (Å²) in [7, 11) is 6.35. The van der Waals surface area contributed by atoms with Gasteiger partial charge >= 0.3 is 0 Å². The molecular formula is C14H26N2. The van der Waals surface area contributed by atoms with Gasteiger partial charge in [0.1, 0.15) is 0 Å². The molecule has 92 valence electrons. The molecule has 0 N–H and O–H groups in total. The van der Waals surface area contributed by atoms with Gasteiger partial charge in [-0.3, -0.25) is 0 Å². The molecule has 2 heteroatoms. The number of rotatable bonds is 7. The third-order valence-electron chi connectivity index (χ3n) is 2.37. The minimum Gasteiger partial charge on any atom is -0.375 e. The SMILES string of the molecule is C=C(C)/C=C\C(=C/C)N(C)CCCN(C)C. The van der Waals surface area contributed by atoms with E-state index in [9.17, 15) is 0 Å². The van der Waals surface area contributed by atoms with Crippen LogP contribution >= 0.6 is 0 Å². The van der Waals surface area contributed by atoms with Crippen molar-refractivity contribution in [3.8, 4) is 0 Å². The minimum atomic E-state index is 1.08. The second-order valence-electron chi connectivity index (χ2n) is 4.47. The zero-order chi connectivity index (χ0) is 12.6. The number of allylic oxidation sites excluding steroid dienone is 4. The van der Waals surface area contributed by atoms with E-state index < -0.39 is 0 Å². The third kappa shape index (κ3) is 7.30. The Morgan fingerprint density at radius 3 is 2.19 bits per heavy atom. The lowest BCUT2D eigenvalue weighted by Gasteiger charge is -2.21. The smallest absolute Gasteiger partial charge is 0.0320 e. The van der Waals surface area contributed by atoms with Crippen LogP contribution in [-0.2, 0) is 0 Å². The van der Waals surface area contributed by atoms with Crippen molar-refractivity contribution in [1.29, 1.82) is 0 Å². The molecule has 0 spiro atoms. The summed E-state index contributed by atoms with van der Waals surface area (Å²) in [6.45, 7) is 10.2. The maximum atomic E-state index is 3.87. The fraction of sp³-hybridized carbons (Fsp3) is 0.571. The third-order valence-corrected chi connectivity index (χ3v) is 2.37. The summed E-state index contributed by atoms with van der Waals surface area (Å²) < 4.78 is 0. The summed E-state index contributed by atoms with van der Waals surface area (Å²) in [5.41, 5.74) is 2.34. The molecule has 2 nitrogen and oxygen atoms in total. The lowest BCUT2D eigenvalue weighted by Crippen LogP contribution is -2.22. The van der Waals surface area contributed by atoms with E-state index in [1.807, 2.05) is 6.92 Å². The molecule has 0 rings (SSSR count). The summed E-state index contributed by atoms with van der Waals surface area (Å²) in [5, 5.41) is 0. The first-order valence-corrected chi connectivity index (χ1v) is 5.83. The lowest BCUT2D eigenvalue weighted by atomic mass is 10.2. The van der Waals surface area contributed by atoms with Gasteiger partial charge in [-0.15, -0.1) is 0 Å². The van der Waals surface area contributed by atoms with Gasteiger partial charge in [0.05, 0.1) is 0 Å². The average molecular weight is 222 g/mol. The Morgan fingerprint density at radius 2 is 1.75 bits per heavy atom. The molecule has 0 bridgehead atoms. The molecule has 16 heavy (non-hydrogen) atoms. The number of likely N-dealkylation sites (N-methyl/N-ethyl adjacent to an activating group) is 1. The Balaban J connectivity index is 4.12. The predicted octanol–water partition coefficient (Wildman–Crippen LogP) is 2.91. The van der Waals surface area contributed by atoms with Crippen molar-refractivity contribution in [2.24, 2.45) is 0 Å². The van der Waals surface area contributed by atoms with Crippen molar-refractivity contribution in [3.63, 3.8) is 0 Å². The summed E-state index contributed by atoms with van der Waals surface area (Å²) in [6, 6.07) is 0. The maximum absolute atomic E-state index is 3.87. The van der Waals surface area contributed by atoms with Gasteiger partial charge < -0.3 is 9.80 Å². The molecule has 0 aliphatic heterocycles. The highest BCUT2D eigenvalue weighted by Crippen LogP contribution is 2.06. The molecule has 0 aromatic rings. The highest BCUT2D eigenvalue weighted by molar-refractivity contribution is 5.23. The van der Waals surface area contributed by atoms with Gasteiger partial charge in [-0.25, -0.2) is 0 Å². The van der Waals surface area contributed by atoms with Crippen molar-refractivity contribution in [2.75, 3.05) is 34.2 Å². The molecule has 0 aromatic heterocycles. The molecule has 0 saturated heterocycles. The van der Waals surface area contributed by atoms with Crippen molar-refractivity contribution in [1.82, 2.24) is 9.80 Å². The lowest BCUT2D eigenvalue weighted by molar-refractivity contribution is 0.349. The van der Waals surface area contributed by atoms with E-state index in [0.717, 1.165) is 18.7 Å². The highest BCUT2D eigenvalue weighted by Gasteiger charge is 2.00. The van der Waals surface area contributed by atoms with E-state index in [2.05, 4.69) is 62.7 Å². The zero-order valence-electron chi connectivity index (χ0n) is 11.5. The second-order valence-corrected chi connectivity index (χ2v) is 4.47. The number of hydrogen-bond donors (Lipinski definition) is 0. The van der Waals surface area contributed by atoms with E-state index >= 15 is 0 Å². The van der Waals surface area contributed by atoms with E-state index in [0.29, 0.717) is 0 Å². The fourth-order valence-electron chi connectivity index (χ4n) is 1.42. The maximum Gasteiger partial charge on any atom is 0.0320 e. The normalized spacial score (nSPS) is 12.5. The Kier molecular flexibility index (Phi) is 7.65. The first-order chi connectivity index (χ1) is 7.47. The van der Waals surface area contributed by atoms with Crippen molar-refractivity contribution in [3.05, 3.63) is 36.1 Å². The van der Waals surface area contributed by atoms with Crippen LogP contribution in [0.25, 0.3) is 0 Å². The molecular weight excluding hydrogens is 196 g/mol. The standard InChI is InChI=1S/C14H26N2/c1-7-14(10-9-13(2)3)16(6)12-8-11-15(4)5/h7,9-10H,2,8,11-12H2,1,3-6H3/b10-9-,14-7+. The van der Waals surface area contributed by atoms with E-state index in [1.54, 1.807) is 0 Å². The monoisotopic (exact) mass is 222 g/mol. The average Bonchev–Trinajstić information content (AvgIpc) is 2.17. The molecule has 0 aliphatic carbocycles. The summed E-state index contributed by atoms with van der Waals surface area (Å²) in [5.74, 6) is 0. The molecule has 0 radical (unpaired) electrons. The zero-order valence-corrected chi connectivity index (χ0v) is 11.5. The van der Waals surface area contributed by atoms with Crippen LogP contribution in [0, 0.1) is 0 Å². The number of nitrogens with zero attached hydrogens (tertiary/aromatic N) is 2. The van der Waals surface area contributed by atoms with Crippen molar-refractivity contribution >= 4 is 0 Å². The quantitative estimate of drug-likeness (QED) is 0.611. The van der Waals surface area contributed by atoms with Gasteiger partial charge in [0.25, 0.3) is 0 Å². The Labute approximate surface area is 101 Å². The number of hydrogen-bond acceptors (Lipinski definition) is 2. The largest absolute Gasteiger partial charge is 0.375 e. The highest BCUT2D eigenvalue weighted by atomic mass is 15.1. The Bertz CT molecular complexity index is 262. The van der Waals surface area contributed by atoms with Crippen LogP contribution in [0.5, 0.6) is 0 Å². The van der Waals surface area contributed by atoms with Crippen LogP contribution in [0.15, 0.2) is 36.1 Å². The minimum absolute atomic E-state index is 1.08. The van der Waals surface area contributed by atoms with Crippen LogP contribution in [0.3, 0.4) is 0 Å². The van der Waals surface area contributed by atoms with Crippen molar-refractivity contribution in [2.45, 2.75) is 20.3 Å². The Hall–Kier alpha value is -1.02. The van der Waals surface area contributed by atoms with Gasteiger partial charge in [-0.1, -0.05) is 24.3 Å². The summed E-state index contributed by atoms with van der Waals surface area (Å²) >= 11 is 0. The van der Waals surface area contributed by atoms with Crippen LogP contribution < -0.4 is 0 Å². The molecule has 0 heterocycles. The summed E-state index contributed by atoms with van der Waals surface area (Å²) in [6.07, 6.45) is 7.49. The topological polar surface area (TPSA) is 6.48 Å². The fourth-order valence-corrected chi connectivity index (χ4v) is 1.42.